The molecule has 2 aromatic rings. The van der Waals surface area contributed by atoms with E-state index in [-0.39, 0.29) is 24.0 Å². The second kappa shape index (κ2) is 8.86. The maximum atomic E-state index is 12.2. The highest BCUT2D eigenvalue weighted by Crippen LogP contribution is 2.34. The van der Waals surface area contributed by atoms with Gasteiger partial charge in [-0.25, -0.2) is 0 Å². The zero-order valence-corrected chi connectivity index (χ0v) is 16.7. The molecule has 0 aliphatic heterocycles. The van der Waals surface area contributed by atoms with Crippen molar-refractivity contribution >= 4 is 34.8 Å². The molecule has 7 nitrogen and oxygen atoms in total. The molecule has 2 amide bonds. The van der Waals surface area contributed by atoms with Gasteiger partial charge in [-0.15, -0.1) is 11.3 Å². The van der Waals surface area contributed by atoms with Crippen molar-refractivity contribution in [2.45, 2.75) is 38.3 Å². The summed E-state index contributed by atoms with van der Waals surface area (Å²) in [5.41, 5.74) is 0.175. The van der Waals surface area contributed by atoms with Crippen molar-refractivity contribution < 1.29 is 14.3 Å². The zero-order valence-electron chi connectivity index (χ0n) is 15.2. The van der Waals surface area contributed by atoms with Gasteiger partial charge >= 0.3 is 0 Å². The number of amides is 2. The summed E-state index contributed by atoms with van der Waals surface area (Å²) in [5.74, 6) is -0.342. The quantitative estimate of drug-likeness (QED) is 0.588. The van der Waals surface area contributed by atoms with Crippen molar-refractivity contribution in [2.24, 2.45) is 0 Å². The molecule has 0 radical (unpaired) electrons. The third kappa shape index (κ3) is 5.79. The first-order valence-electron chi connectivity index (χ1n) is 8.93. The minimum Gasteiger partial charge on any atom is -0.371 e. The van der Waals surface area contributed by atoms with Crippen LogP contribution in [0.15, 0.2) is 24.5 Å². The molecular weight excluding hydrogens is 388 g/mol. The fourth-order valence-corrected chi connectivity index (χ4v) is 3.73. The second-order valence-corrected chi connectivity index (χ2v) is 8.40. The van der Waals surface area contributed by atoms with E-state index in [0.717, 1.165) is 28.5 Å². The van der Waals surface area contributed by atoms with Crippen LogP contribution in [0.4, 0.5) is 0 Å². The summed E-state index contributed by atoms with van der Waals surface area (Å²) in [6.07, 6.45) is 5.69. The monoisotopic (exact) mass is 410 g/mol. The van der Waals surface area contributed by atoms with E-state index < -0.39 is 0 Å². The molecule has 27 heavy (non-hydrogen) atoms. The Morgan fingerprint density at radius 3 is 2.85 bits per heavy atom. The molecule has 0 aromatic carbocycles. The van der Waals surface area contributed by atoms with Gasteiger partial charge in [0, 0.05) is 30.6 Å². The van der Waals surface area contributed by atoms with Gasteiger partial charge in [-0.1, -0.05) is 11.6 Å². The van der Waals surface area contributed by atoms with E-state index in [9.17, 15) is 9.59 Å². The van der Waals surface area contributed by atoms with E-state index in [1.54, 1.807) is 17.1 Å². The number of hydrogen-bond acceptors (Lipinski definition) is 5. The zero-order chi connectivity index (χ0) is 19.3. The van der Waals surface area contributed by atoms with Crippen molar-refractivity contribution in [3.05, 3.63) is 39.3 Å². The number of carbonyl (C=O) groups is 2. The number of thiophene rings is 1. The minimum absolute atomic E-state index is 0.0120. The number of aryl methyl sites for hydroxylation is 1. The van der Waals surface area contributed by atoms with Gasteiger partial charge < -0.3 is 15.4 Å². The van der Waals surface area contributed by atoms with Crippen LogP contribution < -0.4 is 10.6 Å². The molecule has 2 heterocycles. The van der Waals surface area contributed by atoms with Gasteiger partial charge in [-0.3, -0.25) is 14.3 Å². The van der Waals surface area contributed by atoms with E-state index in [4.69, 9.17) is 16.3 Å². The highest BCUT2D eigenvalue weighted by molar-refractivity contribution is 7.16. The van der Waals surface area contributed by atoms with E-state index in [1.165, 1.54) is 11.3 Å². The minimum atomic E-state index is -0.349. The van der Waals surface area contributed by atoms with E-state index in [1.807, 2.05) is 19.1 Å². The molecule has 1 saturated carbocycles. The Labute approximate surface area is 167 Å². The molecule has 0 spiro atoms. The topological polar surface area (TPSA) is 85.2 Å². The van der Waals surface area contributed by atoms with Crippen LogP contribution in [0.3, 0.4) is 0 Å². The average Bonchev–Trinajstić information content (AvgIpc) is 3.06. The van der Waals surface area contributed by atoms with Crippen molar-refractivity contribution in [1.29, 1.82) is 0 Å². The molecular formula is C18H23ClN4O3S. The lowest BCUT2D eigenvalue weighted by atomic mass is 10.2. The van der Waals surface area contributed by atoms with Crippen LogP contribution in [0.5, 0.6) is 0 Å². The summed E-state index contributed by atoms with van der Waals surface area (Å²) in [6.45, 7) is 3.56. The Kier molecular flexibility index (Phi) is 6.51. The van der Waals surface area contributed by atoms with Crippen LogP contribution in [0.2, 0.25) is 4.34 Å². The van der Waals surface area contributed by atoms with Gasteiger partial charge in [0.2, 0.25) is 5.91 Å². The van der Waals surface area contributed by atoms with Gasteiger partial charge in [-0.2, -0.15) is 5.10 Å². The molecule has 0 atom stereocenters. The van der Waals surface area contributed by atoms with Crippen molar-refractivity contribution in [1.82, 2.24) is 20.4 Å². The summed E-state index contributed by atoms with van der Waals surface area (Å²) < 4.78 is 7.90. The van der Waals surface area contributed by atoms with Crippen LogP contribution in [-0.2, 0) is 22.5 Å². The Bertz CT molecular complexity index is 800. The first-order chi connectivity index (χ1) is 13.0. The van der Waals surface area contributed by atoms with Crippen LogP contribution in [0.25, 0.3) is 0 Å². The van der Waals surface area contributed by atoms with Crippen LogP contribution in [0, 0.1) is 0 Å². The fourth-order valence-electron chi connectivity index (χ4n) is 2.66. The average molecular weight is 411 g/mol. The van der Waals surface area contributed by atoms with Crippen molar-refractivity contribution in [3.8, 4) is 0 Å². The molecule has 146 valence electrons. The van der Waals surface area contributed by atoms with Crippen LogP contribution >= 0.6 is 22.9 Å². The van der Waals surface area contributed by atoms with Crippen LogP contribution in [-0.4, -0.2) is 46.9 Å². The van der Waals surface area contributed by atoms with Crippen molar-refractivity contribution in [3.63, 3.8) is 0 Å². The maximum absolute atomic E-state index is 12.2. The smallest absolute Gasteiger partial charge is 0.254 e. The highest BCUT2D eigenvalue weighted by Gasteiger charge is 2.44. The number of nitrogens with one attached hydrogen (secondary N) is 2. The lowest BCUT2D eigenvalue weighted by molar-refractivity contribution is -0.126. The van der Waals surface area contributed by atoms with Gasteiger partial charge in [0.25, 0.3) is 5.91 Å². The fraction of sp³-hybridized carbons (Fsp3) is 0.500. The largest absolute Gasteiger partial charge is 0.371 e. The number of rotatable bonds is 10. The van der Waals surface area contributed by atoms with Crippen molar-refractivity contribution in [2.75, 3.05) is 19.8 Å². The Morgan fingerprint density at radius 2 is 2.22 bits per heavy atom. The first-order valence-corrected chi connectivity index (χ1v) is 10.1. The lowest BCUT2D eigenvalue weighted by Crippen LogP contribution is -2.47. The third-order valence-electron chi connectivity index (χ3n) is 4.42. The molecule has 1 fully saturated rings. The highest BCUT2D eigenvalue weighted by atomic mass is 35.5. The molecule has 1 aliphatic carbocycles. The Balaban J connectivity index is 1.35. The number of nitrogens with zero attached hydrogens (tertiary/aromatic N) is 2. The predicted molar refractivity (Wildman–Crippen MR) is 104 cm³/mol. The van der Waals surface area contributed by atoms with E-state index in [2.05, 4.69) is 15.7 Å². The second-order valence-electron chi connectivity index (χ2n) is 6.60. The SMILES string of the molecule is CCn1cc(C(=O)NCC2(NC(=O)COCCc3ccc(Cl)s3)CC2)cn1. The number of halogens is 1. The van der Waals surface area contributed by atoms with Gasteiger partial charge in [0.1, 0.15) is 6.61 Å². The number of aromatic nitrogens is 2. The molecule has 9 heteroatoms. The normalized spacial score (nSPS) is 14.7. The predicted octanol–water partition coefficient (Wildman–Crippen LogP) is 2.26. The van der Waals surface area contributed by atoms with Crippen LogP contribution in [0.1, 0.15) is 35.0 Å². The lowest BCUT2D eigenvalue weighted by Gasteiger charge is -2.18. The van der Waals surface area contributed by atoms with Gasteiger partial charge in [0.15, 0.2) is 0 Å². The molecule has 1 aliphatic rings. The summed E-state index contributed by atoms with van der Waals surface area (Å²) in [7, 11) is 0. The molecule has 0 saturated heterocycles. The standard InChI is InChI=1S/C18H23ClN4O3S/c1-2-23-10-13(9-21-23)17(25)20-12-18(6-7-18)22-16(24)11-26-8-5-14-3-4-15(19)27-14/h3-4,9-10H,2,5-8,11-12H2,1H3,(H,20,25)(H,22,24). The molecule has 0 unspecified atom stereocenters. The Hall–Kier alpha value is -1.90. The Morgan fingerprint density at radius 1 is 1.41 bits per heavy atom. The number of ether oxygens (including phenoxy) is 1. The third-order valence-corrected chi connectivity index (χ3v) is 5.71. The summed E-state index contributed by atoms with van der Waals surface area (Å²) in [6, 6.07) is 3.81. The van der Waals surface area contributed by atoms with E-state index in [0.29, 0.717) is 25.3 Å². The molecule has 2 aromatic heterocycles. The molecule has 3 rings (SSSR count). The van der Waals surface area contributed by atoms with Gasteiger partial charge in [0.05, 0.1) is 28.2 Å². The summed E-state index contributed by atoms with van der Waals surface area (Å²) in [4.78, 5) is 25.4. The number of hydrogen-bond donors (Lipinski definition) is 2. The first kappa shape index (κ1) is 19.9. The van der Waals surface area contributed by atoms with Gasteiger partial charge in [-0.05, 0) is 31.9 Å². The van der Waals surface area contributed by atoms with E-state index >= 15 is 0 Å². The number of carbonyl (C=O) groups excluding carboxylic acids is 2. The summed E-state index contributed by atoms with van der Waals surface area (Å²) in [5, 5.41) is 9.94. The maximum Gasteiger partial charge on any atom is 0.254 e. The summed E-state index contributed by atoms with van der Waals surface area (Å²) >= 11 is 7.40. The molecule has 0 bridgehead atoms. The molecule has 2 N–H and O–H groups in total.